The van der Waals surface area contributed by atoms with E-state index in [0.717, 1.165) is 17.8 Å². The van der Waals surface area contributed by atoms with Gasteiger partial charge in [-0.25, -0.2) is 0 Å². The molecule has 1 aromatic rings. The average molecular weight is 288 g/mol. The largest absolute Gasteiger partial charge is 0.145 e. The van der Waals surface area contributed by atoms with Gasteiger partial charge in [0.05, 0.1) is 0 Å². The van der Waals surface area contributed by atoms with Crippen molar-refractivity contribution in [1.82, 2.24) is 0 Å². The van der Waals surface area contributed by atoms with Crippen LogP contribution in [0.25, 0.3) is 0 Å². The maximum Gasteiger partial charge on any atom is 0.0110 e. The van der Waals surface area contributed by atoms with Gasteiger partial charge in [-0.2, -0.15) is 0 Å². The number of rotatable bonds is 5. The van der Waals surface area contributed by atoms with Gasteiger partial charge >= 0.3 is 0 Å². The molecule has 0 radical (unpaired) electrons. The van der Waals surface area contributed by atoms with Crippen LogP contribution in [0.2, 0.25) is 0 Å². The van der Waals surface area contributed by atoms with Crippen molar-refractivity contribution < 1.29 is 0 Å². The molecule has 5 rings (SSSR count). The summed E-state index contributed by atoms with van der Waals surface area (Å²) in [4.78, 5) is 3.42. The van der Waals surface area contributed by atoms with E-state index in [1.54, 1.807) is 29.0 Å². The summed E-state index contributed by atoms with van der Waals surface area (Å²) < 4.78 is 0. The van der Waals surface area contributed by atoms with Crippen molar-refractivity contribution in [3.63, 3.8) is 0 Å². The van der Waals surface area contributed by atoms with Crippen LogP contribution in [-0.4, -0.2) is 0 Å². The van der Waals surface area contributed by atoms with Crippen LogP contribution in [0, 0.1) is 17.8 Å². The number of unbranched alkanes of at least 4 members (excludes halogenated alkanes) is 2. The zero-order valence-electron chi connectivity index (χ0n) is 12.9. The van der Waals surface area contributed by atoms with Crippen LogP contribution in [0.3, 0.4) is 0 Å². The highest BCUT2D eigenvalue weighted by Crippen LogP contribution is 2.61. The van der Waals surface area contributed by atoms with Crippen molar-refractivity contribution in [2.75, 3.05) is 0 Å². The van der Waals surface area contributed by atoms with Gasteiger partial charge in [0.1, 0.15) is 0 Å². The van der Waals surface area contributed by atoms with E-state index in [9.17, 15) is 0 Å². The summed E-state index contributed by atoms with van der Waals surface area (Å²) in [7, 11) is 0. The first kappa shape index (κ1) is 13.4. The Morgan fingerprint density at radius 3 is 2.25 bits per heavy atom. The maximum absolute atomic E-state index is 2.51. The van der Waals surface area contributed by atoms with Crippen LogP contribution >= 0.6 is 11.3 Å². The van der Waals surface area contributed by atoms with E-state index in [4.69, 9.17) is 0 Å². The third kappa shape index (κ3) is 2.26. The summed E-state index contributed by atoms with van der Waals surface area (Å²) >= 11 is 2.17. The Morgan fingerprint density at radius 1 is 1.00 bits per heavy atom. The second-order valence-corrected chi connectivity index (χ2v) is 9.09. The fourth-order valence-electron chi connectivity index (χ4n) is 5.76. The monoisotopic (exact) mass is 288 g/mol. The number of hydrogen-bond acceptors (Lipinski definition) is 1. The summed E-state index contributed by atoms with van der Waals surface area (Å²) in [6.07, 6.45) is 14.7. The molecule has 0 spiro atoms. The molecule has 0 saturated heterocycles. The number of thiophene rings is 1. The summed E-state index contributed by atoms with van der Waals surface area (Å²) in [5, 5.41) is 0. The minimum atomic E-state index is 0.627. The molecule has 1 heteroatoms. The Morgan fingerprint density at radius 2 is 1.65 bits per heavy atom. The van der Waals surface area contributed by atoms with Gasteiger partial charge in [-0.15, -0.1) is 11.3 Å². The standard InChI is InChI=1S/C19H28S/c1-2-3-4-5-17-6-7-18(20-17)19-11-14-8-15(12-19)10-16(9-14)13-19/h6-7,14-16H,2-5,8-13H2,1H3. The summed E-state index contributed by atoms with van der Waals surface area (Å²) in [5.74, 6) is 3.23. The van der Waals surface area contributed by atoms with E-state index in [1.807, 2.05) is 0 Å². The first-order valence-electron chi connectivity index (χ1n) is 8.86. The molecule has 0 nitrogen and oxygen atoms in total. The second-order valence-electron chi connectivity index (χ2n) is 7.92. The lowest BCUT2D eigenvalue weighted by Gasteiger charge is -2.56. The predicted octanol–water partition coefficient (Wildman–Crippen LogP) is 5.95. The Kier molecular flexibility index (Phi) is 3.45. The Labute approximate surface area is 128 Å². The lowest BCUT2D eigenvalue weighted by molar-refractivity contribution is -0.00346. The summed E-state index contributed by atoms with van der Waals surface area (Å²) in [6, 6.07) is 4.97. The molecule has 4 aliphatic rings. The predicted molar refractivity (Wildman–Crippen MR) is 87.4 cm³/mol. The Balaban J connectivity index is 1.52. The zero-order valence-corrected chi connectivity index (χ0v) is 13.7. The molecular formula is C19H28S. The molecule has 4 aliphatic carbocycles. The van der Waals surface area contributed by atoms with Crippen LogP contribution < -0.4 is 0 Å². The van der Waals surface area contributed by atoms with Crippen molar-refractivity contribution in [3.8, 4) is 0 Å². The normalized spacial score (nSPS) is 38.5. The topological polar surface area (TPSA) is 0 Å². The van der Waals surface area contributed by atoms with Crippen molar-refractivity contribution >= 4 is 11.3 Å². The van der Waals surface area contributed by atoms with E-state index >= 15 is 0 Å². The molecule has 0 unspecified atom stereocenters. The van der Waals surface area contributed by atoms with E-state index in [2.05, 4.69) is 30.4 Å². The second kappa shape index (κ2) is 5.16. The first-order valence-corrected chi connectivity index (χ1v) is 9.68. The van der Waals surface area contributed by atoms with E-state index in [0.29, 0.717) is 5.41 Å². The average Bonchev–Trinajstić information content (AvgIpc) is 2.87. The highest BCUT2D eigenvalue weighted by molar-refractivity contribution is 7.12. The van der Waals surface area contributed by atoms with Crippen LogP contribution in [0.4, 0.5) is 0 Å². The summed E-state index contributed by atoms with van der Waals surface area (Å²) in [6.45, 7) is 2.30. The number of hydrogen-bond donors (Lipinski definition) is 0. The van der Waals surface area contributed by atoms with Crippen LogP contribution in [0.15, 0.2) is 12.1 Å². The highest BCUT2D eigenvalue weighted by atomic mass is 32.1. The zero-order chi connectivity index (χ0) is 13.6. The van der Waals surface area contributed by atoms with Crippen molar-refractivity contribution in [2.45, 2.75) is 76.5 Å². The summed E-state index contributed by atoms with van der Waals surface area (Å²) in [5.41, 5.74) is 0.627. The highest BCUT2D eigenvalue weighted by Gasteiger charge is 2.52. The molecule has 1 heterocycles. The van der Waals surface area contributed by atoms with Gasteiger partial charge in [0.25, 0.3) is 0 Å². The minimum absolute atomic E-state index is 0.627. The van der Waals surface area contributed by atoms with Crippen LogP contribution in [0.5, 0.6) is 0 Å². The molecule has 0 aromatic carbocycles. The fourth-order valence-corrected chi connectivity index (χ4v) is 7.03. The van der Waals surface area contributed by atoms with Crippen LogP contribution in [0.1, 0.15) is 74.5 Å². The fraction of sp³-hybridized carbons (Fsp3) is 0.789. The van der Waals surface area contributed by atoms with Crippen LogP contribution in [-0.2, 0) is 11.8 Å². The van der Waals surface area contributed by atoms with E-state index in [-0.39, 0.29) is 0 Å². The Hall–Kier alpha value is -0.300. The first-order chi connectivity index (χ1) is 9.77. The molecule has 1 aromatic heterocycles. The third-order valence-corrected chi connectivity index (χ3v) is 7.64. The molecule has 0 amide bonds. The van der Waals surface area contributed by atoms with Gasteiger partial charge in [-0.3, -0.25) is 0 Å². The molecule has 4 bridgehead atoms. The van der Waals surface area contributed by atoms with Gasteiger partial charge in [0, 0.05) is 15.2 Å². The molecule has 20 heavy (non-hydrogen) atoms. The molecule has 0 N–H and O–H groups in total. The molecular weight excluding hydrogens is 260 g/mol. The van der Waals surface area contributed by atoms with Gasteiger partial charge in [-0.1, -0.05) is 19.8 Å². The molecule has 4 saturated carbocycles. The lowest BCUT2D eigenvalue weighted by atomic mass is 9.49. The maximum atomic E-state index is 2.51. The smallest absolute Gasteiger partial charge is 0.0110 e. The quantitative estimate of drug-likeness (QED) is 0.587. The van der Waals surface area contributed by atoms with E-state index < -0.39 is 0 Å². The van der Waals surface area contributed by atoms with Gasteiger partial charge < -0.3 is 0 Å². The van der Waals surface area contributed by atoms with Gasteiger partial charge in [-0.05, 0) is 81.3 Å². The Bertz CT molecular complexity index is 435. The van der Waals surface area contributed by atoms with Gasteiger partial charge in [0.2, 0.25) is 0 Å². The third-order valence-electron chi connectivity index (χ3n) is 6.25. The molecule has 4 fully saturated rings. The molecule has 0 aliphatic heterocycles. The number of aryl methyl sites for hydroxylation is 1. The molecule has 0 atom stereocenters. The lowest BCUT2D eigenvalue weighted by Crippen LogP contribution is -2.48. The van der Waals surface area contributed by atoms with Gasteiger partial charge in [0.15, 0.2) is 0 Å². The van der Waals surface area contributed by atoms with Crippen molar-refractivity contribution in [1.29, 1.82) is 0 Å². The SMILES string of the molecule is CCCCCc1ccc(C23CC4CC(CC(C4)C2)C3)s1. The minimum Gasteiger partial charge on any atom is -0.145 e. The van der Waals surface area contributed by atoms with E-state index in [1.165, 1.54) is 44.9 Å². The van der Waals surface area contributed by atoms with Crippen molar-refractivity contribution in [2.24, 2.45) is 17.8 Å². The van der Waals surface area contributed by atoms with Crippen molar-refractivity contribution in [3.05, 3.63) is 21.9 Å². The molecule has 110 valence electrons.